The van der Waals surface area contributed by atoms with Crippen LogP contribution in [0.25, 0.3) is 0 Å². The summed E-state index contributed by atoms with van der Waals surface area (Å²) in [7, 11) is 2.03. The second kappa shape index (κ2) is 6.55. The number of aromatic nitrogens is 1. The molecular formula is C11H20ClN3S. The van der Waals surface area contributed by atoms with Crippen molar-refractivity contribution in [2.45, 2.75) is 19.9 Å². The summed E-state index contributed by atoms with van der Waals surface area (Å²) in [5.74, 6) is 0.830. The third-order valence-corrected chi connectivity index (χ3v) is 3.84. The van der Waals surface area contributed by atoms with Crippen LogP contribution in [0.4, 0.5) is 0 Å². The average molecular weight is 262 g/mol. The van der Waals surface area contributed by atoms with E-state index in [0.717, 1.165) is 24.7 Å². The van der Waals surface area contributed by atoms with Crippen LogP contribution in [0.1, 0.15) is 17.1 Å². The molecule has 92 valence electrons. The van der Waals surface area contributed by atoms with Crippen LogP contribution in [-0.2, 0) is 6.54 Å². The SMILES string of the molecule is CNCC1CCN(Cc2nc(C)cs2)C1.Cl. The zero-order valence-corrected chi connectivity index (χ0v) is 11.5. The number of hydrogen-bond acceptors (Lipinski definition) is 4. The predicted octanol–water partition coefficient (Wildman–Crippen LogP) is 1.91. The van der Waals surface area contributed by atoms with E-state index < -0.39 is 0 Å². The molecule has 1 aliphatic heterocycles. The Morgan fingerprint density at radius 2 is 2.44 bits per heavy atom. The highest BCUT2D eigenvalue weighted by molar-refractivity contribution is 7.09. The van der Waals surface area contributed by atoms with E-state index in [9.17, 15) is 0 Å². The van der Waals surface area contributed by atoms with Gasteiger partial charge in [0.2, 0.25) is 0 Å². The van der Waals surface area contributed by atoms with Crippen molar-refractivity contribution >= 4 is 23.7 Å². The Balaban J connectivity index is 0.00000128. The minimum Gasteiger partial charge on any atom is -0.319 e. The first kappa shape index (κ1) is 13.9. The predicted molar refractivity (Wildman–Crippen MR) is 71.4 cm³/mol. The van der Waals surface area contributed by atoms with Crippen LogP contribution in [0.3, 0.4) is 0 Å². The van der Waals surface area contributed by atoms with Gasteiger partial charge in [0.15, 0.2) is 0 Å². The molecule has 5 heteroatoms. The van der Waals surface area contributed by atoms with Gasteiger partial charge in [-0.05, 0) is 39.4 Å². The lowest BCUT2D eigenvalue weighted by Crippen LogP contribution is -2.24. The molecule has 1 fully saturated rings. The van der Waals surface area contributed by atoms with Crippen molar-refractivity contribution in [3.63, 3.8) is 0 Å². The lowest BCUT2D eigenvalue weighted by Gasteiger charge is -2.13. The third-order valence-electron chi connectivity index (χ3n) is 2.89. The van der Waals surface area contributed by atoms with Crippen LogP contribution in [0.2, 0.25) is 0 Å². The lowest BCUT2D eigenvalue weighted by atomic mass is 10.1. The van der Waals surface area contributed by atoms with Crippen molar-refractivity contribution in [2.24, 2.45) is 5.92 Å². The Morgan fingerprint density at radius 1 is 1.62 bits per heavy atom. The maximum Gasteiger partial charge on any atom is 0.107 e. The van der Waals surface area contributed by atoms with Crippen molar-refractivity contribution in [3.05, 3.63) is 16.1 Å². The number of nitrogens with one attached hydrogen (secondary N) is 1. The van der Waals surface area contributed by atoms with Gasteiger partial charge < -0.3 is 5.32 Å². The van der Waals surface area contributed by atoms with Crippen molar-refractivity contribution < 1.29 is 0 Å². The number of nitrogens with zero attached hydrogens (tertiary/aromatic N) is 2. The summed E-state index contributed by atoms with van der Waals surface area (Å²) in [5.41, 5.74) is 1.15. The molecule has 3 nitrogen and oxygen atoms in total. The number of halogens is 1. The van der Waals surface area contributed by atoms with E-state index in [1.165, 1.54) is 24.5 Å². The highest BCUT2D eigenvalue weighted by Crippen LogP contribution is 2.19. The molecule has 0 amide bonds. The fraction of sp³-hybridized carbons (Fsp3) is 0.727. The summed E-state index contributed by atoms with van der Waals surface area (Å²) >= 11 is 1.78. The van der Waals surface area contributed by atoms with E-state index in [4.69, 9.17) is 0 Å². The molecule has 0 radical (unpaired) electrons. The summed E-state index contributed by atoms with van der Waals surface area (Å²) in [6.07, 6.45) is 1.32. The number of hydrogen-bond donors (Lipinski definition) is 1. The monoisotopic (exact) mass is 261 g/mol. The molecule has 16 heavy (non-hydrogen) atoms. The molecule has 2 rings (SSSR count). The molecule has 1 unspecified atom stereocenters. The minimum atomic E-state index is 0. The van der Waals surface area contributed by atoms with Gasteiger partial charge in [-0.2, -0.15) is 0 Å². The van der Waals surface area contributed by atoms with Gasteiger partial charge in [0.05, 0.1) is 6.54 Å². The van der Waals surface area contributed by atoms with Gasteiger partial charge in [0, 0.05) is 17.6 Å². The summed E-state index contributed by atoms with van der Waals surface area (Å²) in [4.78, 5) is 7.02. The highest BCUT2D eigenvalue weighted by Gasteiger charge is 2.22. The molecule has 1 atom stereocenters. The highest BCUT2D eigenvalue weighted by atomic mass is 35.5. The number of aryl methyl sites for hydroxylation is 1. The zero-order valence-electron chi connectivity index (χ0n) is 9.90. The molecule has 1 N–H and O–H groups in total. The van der Waals surface area contributed by atoms with E-state index in [1.54, 1.807) is 11.3 Å². The third kappa shape index (κ3) is 3.70. The van der Waals surface area contributed by atoms with Crippen LogP contribution < -0.4 is 5.32 Å². The van der Waals surface area contributed by atoms with Crippen LogP contribution >= 0.6 is 23.7 Å². The Kier molecular flexibility index (Phi) is 5.69. The van der Waals surface area contributed by atoms with Gasteiger partial charge in [0.1, 0.15) is 5.01 Å². The van der Waals surface area contributed by atoms with E-state index in [2.05, 4.69) is 27.5 Å². The Morgan fingerprint density at radius 3 is 3.06 bits per heavy atom. The van der Waals surface area contributed by atoms with Crippen LogP contribution in [-0.4, -0.2) is 36.6 Å². The molecule has 0 aromatic carbocycles. The lowest BCUT2D eigenvalue weighted by molar-refractivity contribution is 0.315. The molecule has 1 aromatic heterocycles. The van der Waals surface area contributed by atoms with E-state index in [-0.39, 0.29) is 12.4 Å². The summed E-state index contributed by atoms with van der Waals surface area (Å²) in [6, 6.07) is 0. The van der Waals surface area contributed by atoms with Crippen LogP contribution in [0.5, 0.6) is 0 Å². The maximum absolute atomic E-state index is 4.51. The molecule has 0 spiro atoms. The molecule has 0 bridgehead atoms. The van der Waals surface area contributed by atoms with Crippen LogP contribution in [0, 0.1) is 12.8 Å². The van der Waals surface area contributed by atoms with E-state index in [1.807, 2.05) is 7.05 Å². The molecule has 0 saturated carbocycles. The Labute approximate surface area is 108 Å². The summed E-state index contributed by atoms with van der Waals surface area (Å²) < 4.78 is 0. The quantitative estimate of drug-likeness (QED) is 0.898. The second-order valence-electron chi connectivity index (χ2n) is 4.33. The number of likely N-dealkylation sites (tertiary alicyclic amines) is 1. The normalized spacial score (nSPS) is 21.0. The van der Waals surface area contributed by atoms with Crippen LogP contribution in [0.15, 0.2) is 5.38 Å². The van der Waals surface area contributed by atoms with Crippen molar-refractivity contribution in [2.75, 3.05) is 26.7 Å². The molecule has 1 aliphatic rings. The molecule has 0 aliphatic carbocycles. The van der Waals surface area contributed by atoms with E-state index in [0.29, 0.717) is 0 Å². The van der Waals surface area contributed by atoms with Gasteiger partial charge >= 0.3 is 0 Å². The first-order valence-corrected chi connectivity index (χ1v) is 6.44. The van der Waals surface area contributed by atoms with Gasteiger partial charge in [-0.15, -0.1) is 23.7 Å². The fourth-order valence-electron chi connectivity index (χ4n) is 2.18. The van der Waals surface area contributed by atoms with Gasteiger partial charge in [0.25, 0.3) is 0 Å². The largest absolute Gasteiger partial charge is 0.319 e. The summed E-state index contributed by atoms with van der Waals surface area (Å²) in [6.45, 7) is 6.70. The number of rotatable bonds is 4. The Hall–Kier alpha value is -0.160. The fourth-order valence-corrected chi connectivity index (χ4v) is 2.99. The average Bonchev–Trinajstić information content (AvgIpc) is 2.78. The second-order valence-corrected chi connectivity index (χ2v) is 5.27. The minimum absolute atomic E-state index is 0. The molecule has 1 saturated heterocycles. The molecule has 1 aromatic rings. The van der Waals surface area contributed by atoms with Gasteiger partial charge in [-0.1, -0.05) is 0 Å². The summed E-state index contributed by atoms with van der Waals surface area (Å²) in [5, 5.41) is 6.66. The van der Waals surface area contributed by atoms with Crippen molar-refractivity contribution in [1.29, 1.82) is 0 Å². The standard InChI is InChI=1S/C11H19N3S.ClH/c1-9-8-15-11(13-9)7-14-4-3-10(6-14)5-12-2;/h8,10,12H,3-7H2,1-2H3;1H. The van der Waals surface area contributed by atoms with Gasteiger partial charge in [-0.3, -0.25) is 4.90 Å². The smallest absolute Gasteiger partial charge is 0.107 e. The van der Waals surface area contributed by atoms with Crippen molar-refractivity contribution in [1.82, 2.24) is 15.2 Å². The first-order valence-electron chi connectivity index (χ1n) is 5.56. The zero-order chi connectivity index (χ0) is 10.7. The van der Waals surface area contributed by atoms with Crippen molar-refractivity contribution in [3.8, 4) is 0 Å². The first-order chi connectivity index (χ1) is 7.28. The maximum atomic E-state index is 4.51. The molecule has 2 heterocycles. The Bertz CT molecular complexity index is 316. The number of thiazole rings is 1. The van der Waals surface area contributed by atoms with Gasteiger partial charge in [-0.25, -0.2) is 4.98 Å². The molecular weight excluding hydrogens is 242 g/mol. The van der Waals surface area contributed by atoms with E-state index >= 15 is 0 Å². The topological polar surface area (TPSA) is 28.2 Å².